The number of halogens is 1. The first-order valence-corrected chi connectivity index (χ1v) is 9.53. The maximum absolute atomic E-state index is 12.6. The molecule has 1 aliphatic heterocycles. The number of amides is 1. The van der Waals surface area contributed by atoms with Crippen molar-refractivity contribution in [3.05, 3.63) is 59.6 Å². The second-order valence-corrected chi connectivity index (χ2v) is 7.16. The molecule has 1 aliphatic rings. The number of benzene rings is 1. The van der Waals surface area contributed by atoms with E-state index in [0.717, 1.165) is 30.8 Å². The van der Waals surface area contributed by atoms with E-state index in [1.807, 2.05) is 36.4 Å². The lowest BCUT2D eigenvalue weighted by Gasteiger charge is -2.32. The van der Waals surface area contributed by atoms with Gasteiger partial charge in [0, 0.05) is 24.7 Å². The van der Waals surface area contributed by atoms with Crippen molar-refractivity contribution in [3.63, 3.8) is 0 Å². The summed E-state index contributed by atoms with van der Waals surface area (Å²) >= 11 is 5.90. The molecule has 4 rings (SSSR count). The van der Waals surface area contributed by atoms with Gasteiger partial charge in [-0.1, -0.05) is 23.7 Å². The maximum atomic E-state index is 12.6. The highest BCUT2D eigenvalue weighted by Gasteiger charge is 2.26. The van der Waals surface area contributed by atoms with Crippen molar-refractivity contribution in [2.24, 2.45) is 5.92 Å². The van der Waals surface area contributed by atoms with E-state index in [0.29, 0.717) is 23.9 Å². The van der Waals surface area contributed by atoms with Crippen LogP contribution < -0.4 is 10.2 Å². The predicted molar refractivity (Wildman–Crippen MR) is 105 cm³/mol. The Morgan fingerprint density at radius 2 is 1.93 bits per heavy atom. The third kappa shape index (κ3) is 4.28. The van der Waals surface area contributed by atoms with E-state index in [2.05, 4.69) is 30.5 Å². The summed E-state index contributed by atoms with van der Waals surface area (Å²) in [5, 5.41) is 16.3. The van der Waals surface area contributed by atoms with Crippen molar-refractivity contribution in [2.45, 2.75) is 19.4 Å². The highest BCUT2D eigenvalue weighted by atomic mass is 35.5. The van der Waals surface area contributed by atoms with E-state index >= 15 is 0 Å². The number of hydrogen-bond acceptors (Lipinski definition) is 6. The van der Waals surface area contributed by atoms with E-state index in [4.69, 9.17) is 11.6 Å². The normalized spacial score (nSPS) is 16.8. The van der Waals surface area contributed by atoms with E-state index in [9.17, 15) is 4.79 Å². The number of piperidine rings is 1. The number of hydrogen-bond donors (Lipinski definition) is 1. The van der Waals surface area contributed by atoms with Gasteiger partial charge >= 0.3 is 0 Å². The van der Waals surface area contributed by atoms with Gasteiger partial charge in [0.2, 0.25) is 5.91 Å². The molecule has 1 fully saturated rings. The van der Waals surface area contributed by atoms with Crippen molar-refractivity contribution in [2.75, 3.05) is 18.0 Å². The number of anilines is 1. The van der Waals surface area contributed by atoms with Gasteiger partial charge in [0.05, 0.1) is 5.92 Å². The third-order valence-corrected chi connectivity index (χ3v) is 5.04. The molecule has 9 heteroatoms. The van der Waals surface area contributed by atoms with Crippen LogP contribution >= 0.6 is 11.6 Å². The zero-order valence-electron chi connectivity index (χ0n) is 15.2. The SMILES string of the molecule is O=C(NCc1ccc(Cl)cc1)C1CCCN(c2ccc(-n3cncn3)nn2)C1. The smallest absolute Gasteiger partial charge is 0.225 e. The molecule has 1 N–H and O–H groups in total. The molecule has 1 saturated heterocycles. The molecule has 28 heavy (non-hydrogen) atoms. The topological polar surface area (TPSA) is 88.8 Å². The van der Waals surface area contributed by atoms with E-state index in [1.54, 1.807) is 11.0 Å². The molecule has 0 aliphatic carbocycles. The van der Waals surface area contributed by atoms with Crippen molar-refractivity contribution in [1.82, 2.24) is 30.3 Å². The van der Waals surface area contributed by atoms with Gasteiger partial charge in [-0.2, -0.15) is 5.10 Å². The Kier molecular flexibility index (Phi) is 5.48. The quantitative estimate of drug-likeness (QED) is 0.710. The molecule has 0 bridgehead atoms. The van der Waals surface area contributed by atoms with Crippen molar-refractivity contribution in [1.29, 1.82) is 0 Å². The van der Waals surface area contributed by atoms with Crippen molar-refractivity contribution in [3.8, 4) is 5.82 Å². The van der Waals surface area contributed by atoms with Crippen molar-refractivity contribution < 1.29 is 4.79 Å². The fourth-order valence-corrected chi connectivity index (χ4v) is 3.40. The number of rotatable bonds is 5. The van der Waals surface area contributed by atoms with Gasteiger partial charge in [-0.25, -0.2) is 9.67 Å². The molecule has 2 aromatic heterocycles. The lowest BCUT2D eigenvalue weighted by atomic mass is 9.97. The van der Waals surface area contributed by atoms with Gasteiger partial charge in [0.1, 0.15) is 12.7 Å². The van der Waals surface area contributed by atoms with Gasteiger partial charge in [0.15, 0.2) is 11.6 Å². The van der Waals surface area contributed by atoms with E-state index in [-0.39, 0.29) is 11.8 Å². The molecule has 3 aromatic rings. The second kappa shape index (κ2) is 8.35. The Hall–Kier alpha value is -3.00. The molecular formula is C19H20ClN7O. The number of carbonyl (C=O) groups excluding carboxylic acids is 1. The molecule has 1 atom stereocenters. The van der Waals surface area contributed by atoms with Crippen LogP contribution in [-0.4, -0.2) is 44.0 Å². The fourth-order valence-electron chi connectivity index (χ4n) is 3.27. The van der Waals surface area contributed by atoms with Crippen LogP contribution in [0.1, 0.15) is 18.4 Å². The minimum atomic E-state index is -0.0714. The summed E-state index contributed by atoms with van der Waals surface area (Å²) in [5.41, 5.74) is 1.03. The van der Waals surface area contributed by atoms with E-state index < -0.39 is 0 Å². The van der Waals surface area contributed by atoms with Crippen LogP contribution in [0.5, 0.6) is 0 Å². The first-order valence-electron chi connectivity index (χ1n) is 9.15. The number of nitrogens with one attached hydrogen (secondary N) is 1. The predicted octanol–water partition coefficient (Wildman–Crippen LogP) is 2.24. The monoisotopic (exact) mass is 397 g/mol. The van der Waals surface area contributed by atoms with E-state index in [1.165, 1.54) is 6.33 Å². The van der Waals surface area contributed by atoms with Crippen LogP contribution in [0.2, 0.25) is 5.02 Å². The Bertz CT molecular complexity index is 912. The van der Waals surface area contributed by atoms with Gasteiger partial charge in [-0.05, 0) is 42.7 Å². The lowest BCUT2D eigenvalue weighted by molar-refractivity contribution is -0.125. The average Bonchev–Trinajstić information content (AvgIpc) is 3.28. The minimum absolute atomic E-state index is 0.0619. The number of aromatic nitrogens is 5. The first kappa shape index (κ1) is 18.4. The van der Waals surface area contributed by atoms with Crippen LogP contribution in [0.4, 0.5) is 5.82 Å². The largest absolute Gasteiger partial charge is 0.354 e. The standard InChI is InChI=1S/C19H20ClN7O/c20-16-5-3-14(4-6-16)10-22-19(28)15-2-1-9-26(11-15)17-7-8-18(25-24-17)27-13-21-12-23-27/h3-8,12-13,15H,1-2,9-11H2,(H,22,28). The fraction of sp³-hybridized carbons (Fsp3) is 0.316. The van der Waals surface area contributed by atoms with Gasteiger partial charge in [-0.15, -0.1) is 10.2 Å². The third-order valence-electron chi connectivity index (χ3n) is 4.79. The Labute approximate surface area is 167 Å². The summed E-state index contributed by atoms with van der Waals surface area (Å²) in [4.78, 5) is 18.6. The summed E-state index contributed by atoms with van der Waals surface area (Å²) < 4.78 is 1.56. The van der Waals surface area contributed by atoms with Crippen LogP contribution in [0.15, 0.2) is 49.1 Å². The Morgan fingerprint density at radius 3 is 2.64 bits per heavy atom. The van der Waals surface area contributed by atoms with Crippen LogP contribution in [0, 0.1) is 5.92 Å². The molecule has 0 saturated carbocycles. The summed E-state index contributed by atoms with van der Waals surface area (Å²) in [7, 11) is 0. The minimum Gasteiger partial charge on any atom is -0.354 e. The summed E-state index contributed by atoms with van der Waals surface area (Å²) in [6.45, 7) is 1.99. The Morgan fingerprint density at radius 1 is 1.14 bits per heavy atom. The molecule has 1 amide bonds. The molecule has 144 valence electrons. The number of carbonyl (C=O) groups is 1. The summed E-state index contributed by atoms with van der Waals surface area (Å²) in [5.74, 6) is 1.36. The molecular weight excluding hydrogens is 378 g/mol. The maximum Gasteiger partial charge on any atom is 0.225 e. The summed E-state index contributed by atoms with van der Waals surface area (Å²) in [6.07, 6.45) is 4.83. The number of nitrogens with zero attached hydrogens (tertiary/aromatic N) is 6. The van der Waals surface area contributed by atoms with Gasteiger partial charge in [-0.3, -0.25) is 4.79 Å². The Balaban J connectivity index is 1.35. The highest BCUT2D eigenvalue weighted by molar-refractivity contribution is 6.30. The van der Waals surface area contributed by atoms with Crippen LogP contribution in [0.3, 0.4) is 0 Å². The molecule has 8 nitrogen and oxygen atoms in total. The molecule has 3 heterocycles. The first-order chi connectivity index (χ1) is 13.7. The zero-order valence-corrected chi connectivity index (χ0v) is 16.0. The van der Waals surface area contributed by atoms with Crippen LogP contribution in [0.25, 0.3) is 5.82 Å². The summed E-state index contributed by atoms with van der Waals surface area (Å²) in [6, 6.07) is 11.2. The molecule has 0 radical (unpaired) electrons. The lowest BCUT2D eigenvalue weighted by Crippen LogP contribution is -2.43. The molecule has 1 aromatic carbocycles. The van der Waals surface area contributed by atoms with Crippen molar-refractivity contribution >= 4 is 23.3 Å². The van der Waals surface area contributed by atoms with Gasteiger partial charge in [0.25, 0.3) is 0 Å². The second-order valence-electron chi connectivity index (χ2n) is 6.72. The van der Waals surface area contributed by atoms with Gasteiger partial charge < -0.3 is 10.2 Å². The highest BCUT2D eigenvalue weighted by Crippen LogP contribution is 2.22. The van der Waals surface area contributed by atoms with Crippen LogP contribution in [-0.2, 0) is 11.3 Å². The zero-order chi connectivity index (χ0) is 19.3. The average molecular weight is 398 g/mol. The molecule has 0 spiro atoms. The molecule has 1 unspecified atom stereocenters.